The van der Waals surface area contributed by atoms with E-state index in [0.29, 0.717) is 11.0 Å². The van der Waals surface area contributed by atoms with Gasteiger partial charge < -0.3 is 20.8 Å². The maximum atomic E-state index is 9.00. The monoisotopic (exact) mass is 258 g/mol. The summed E-state index contributed by atoms with van der Waals surface area (Å²) in [7, 11) is 0. The molecule has 0 unspecified atom stereocenters. The van der Waals surface area contributed by atoms with Gasteiger partial charge in [0.1, 0.15) is 11.6 Å². The van der Waals surface area contributed by atoms with Crippen LogP contribution < -0.4 is 10.6 Å². The second-order valence-corrected chi connectivity index (χ2v) is 4.14. The van der Waals surface area contributed by atoms with Crippen molar-refractivity contribution in [3.05, 3.63) is 6.07 Å². The molecule has 96 valence electrons. The third kappa shape index (κ3) is 4.37. The molecule has 1 aromatic heterocycles. The molecule has 0 saturated carbocycles. The van der Waals surface area contributed by atoms with Gasteiger partial charge in [-0.3, -0.25) is 0 Å². The van der Waals surface area contributed by atoms with E-state index in [1.54, 1.807) is 6.07 Å². The van der Waals surface area contributed by atoms with Gasteiger partial charge in [0.25, 0.3) is 0 Å². The summed E-state index contributed by atoms with van der Waals surface area (Å²) in [6, 6.07) is 1.34. The summed E-state index contributed by atoms with van der Waals surface area (Å²) in [4.78, 5) is 8.52. The lowest BCUT2D eigenvalue weighted by Gasteiger charge is -2.15. The molecule has 0 aromatic carbocycles. The lowest BCUT2D eigenvalue weighted by Crippen LogP contribution is -2.28. The zero-order valence-corrected chi connectivity index (χ0v) is 10.8. The van der Waals surface area contributed by atoms with Gasteiger partial charge in [-0.25, -0.2) is 9.97 Å². The average molecular weight is 258 g/mol. The fraction of sp³-hybridized carbons (Fsp3) is 0.600. The highest BCUT2D eigenvalue weighted by Crippen LogP contribution is 2.17. The highest BCUT2D eigenvalue weighted by atomic mass is 32.2. The minimum absolute atomic E-state index is 0.147. The van der Waals surface area contributed by atoms with Crippen molar-refractivity contribution in [2.45, 2.75) is 18.1 Å². The Morgan fingerprint density at radius 3 is 2.47 bits per heavy atom. The van der Waals surface area contributed by atoms with Crippen molar-refractivity contribution in [1.29, 1.82) is 0 Å². The second kappa shape index (κ2) is 7.31. The summed E-state index contributed by atoms with van der Waals surface area (Å²) in [6.07, 6.45) is 1.89. The van der Waals surface area contributed by atoms with Crippen LogP contribution in [0.15, 0.2) is 11.2 Å². The van der Waals surface area contributed by atoms with E-state index in [1.807, 2.05) is 13.2 Å². The number of rotatable bonds is 7. The molecule has 0 saturated heterocycles. The summed E-state index contributed by atoms with van der Waals surface area (Å²) in [5.74, 6) is 1.32. The van der Waals surface area contributed by atoms with Crippen LogP contribution in [0.5, 0.6) is 0 Å². The molecule has 0 aliphatic carbocycles. The Labute approximate surface area is 105 Å². The average Bonchev–Trinajstić information content (AvgIpc) is 2.36. The number of nitrogens with zero attached hydrogens (tertiary/aromatic N) is 2. The summed E-state index contributed by atoms with van der Waals surface area (Å²) in [5, 5.41) is 24.7. The van der Waals surface area contributed by atoms with Crippen molar-refractivity contribution in [3.8, 4) is 0 Å². The second-order valence-electron chi connectivity index (χ2n) is 3.36. The number of hydrogen-bond donors (Lipinski definition) is 4. The molecule has 0 bridgehead atoms. The number of aliphatic hydroxyl groups is 2. The number of aromatic nitrogens is 2. The zero-order chi connectivity index (χ0) is 12.7. The van der Waals surface area contributed by atoms with E-state index in [-0.39, 0.29) is 13.2 Å². The molecule has 0 fully saturated rings. The molecular formula is C10H18N4O2S. The van der Waals surface area contributed by atoms with Gasteiger partial charge in [0, 0.05) is 12.6 Å². The van der Waals surface area contributed by atoms with Gasteiger partial charge in [-0.1, -0.05) is 11.8 Å². The van der Waals surface area contributed by atoms with E-state index in [2.05, 4.69) is 20.6 Å². The van der Waals surface area contributed by atoms with Crippen LogP contribution in [0.25, 0.3) is 0 Å². The summed E-state index contributed by atoms with van der Waals surface area (Å²) in [6.45, 7) is 2.46. The first-order chi connectivity index (χ1) is 8.23. The smallest absolute Gasteiger partial charge is 0.191 e. The largest absolute Gasteiger partial charge is 0.394 e. The normalized spacial score (nSPS) is 10.6. The Kier molecular flexibility index (Phi) is 6.03. The number of hydrogen-bond acceptors (Lipinski definition) is 7. The summed E-state index contributed by atoms with van der Waals surface area (Å²) in [5.41, 5.74) is 0. The van der Waals surface area contributed by atoms with Crippen LogP contribution in [-0.4, -0.2) is 52.2 Å². The number of nitrogens with one attached hydrogen (secondary N) is 2. The number of aliphatic hydroxyl groups excluding tert-OH is 2. The molecule has 0 aliphatic heterocycles. The Bertz CT molecular complexity index is 347. The van der Waals surface area contributed by atoms with Gasteiger partial charge >= 0.3 is 0 Å². The SMILES string of the molecule is CCNc1cc(NC(CO)CO)nc(SC)n1. The molecular weight excluding hydrogens is 240 g/mol. The van der Waals surface area contributed by atoms with Crippen LogP contribution in [0, 0.1) is 0 Å². The van der Waals surface area contributed by atoms with E-state index in [1.165, 1.54) is 11.8 Å². The third-order valence-corrected chi connectivity index (χ3v) is 2.59. The minimum atomic E-state index is -0.408. The molecule has 1 aromatic rings. The lowest BCUT2D eigenvalue weighted by molar-refractivity contribution is 0.203. The first-order valence-electron chi connectivity index (χ1n) is 5.38. The molecule has 0 aliphatic rings. The molecule has 0 radical (unpaired) electrons. The van der Waals surface area contributed by atoms with Gasteiger partial charge in [-0.15, -0.1) is 0 Å². The predicted molar refractivity (Wildman–Crippen MR) is 69.6 cm³/mol. The summed E-state index contributed by atoms with van der Waals surface area (Å²) >= 11 is 1.44. The van der Waals surface area contributed by atoms with Crippen molar-refractivity contribution in [2.75, 3.05) is 36.6 Å². The molecule has 1 rings (SSSR count). The Morgan fingerprint density at radius 1 is 1.29 bits per heavy atom. The molecule has 7 heteroatoms. The highest BCUT2D eigenvalue weighted by molar-refractivity contribution is 7.98. The van der Waals surface area contributed by atoms with Crippen LogP contribution in [-0.2, 0) is 0 Å². The quantitative estimate of drug-likeness (QED) is 0.415. The van der Waals surface area contributed by atoms with Gasteiger partial charge in [0.05, 0.1) is 19.3 Å². The van der Waals surface area contributed by atoms with E-state index in [0.717, 1.165) is 12.4 Å². The van der Waals surface area contributed by atoms with Crippen LogP contribution in [0.3, 0.4) is 0 Å². The number of thioether (sulfide) groups is 1. The molecule has 4 N–H and O–H groups in total. The van der Waals surface area contributed by atoms with E-state index in [4.69, 9.17) is 10.2 Å². The van der Waals surface area contributed by atoms with Crippen molar-refractivity contribution in [2.24, 2.45) is 0 Å². The van der Waals surface area contributed by atoms with Gasteiger partial charge in [-0.05, 0) is 13.2 Å². The van der Waals surface area contributed by atoms with Crippen molar-refractivity contribution in [1.82, 2.24) is 9.97 Å². The molecule has 0 spiro atoms. The predicted octanol–water partition coefficient (Wildman–Crippen LogP) is 0.395. The molecule has 0 amide bonds. The zero-order valence-electron chi connectivity index (χ0n) is 9.97. The van der Waals surface area contributed by atoms with Crippen LogP contribution in [0.1, 0.15) is 6.92 Å². The molecule has 6 nitrogen and oxygen atoms in total. The lowest BCUT2D eigenvalue weighted by atomic mass is 10.3. The van der Waals surface area contributed by atoms with Crippen molar-refractivity contribution < 1.29 is 10.2 Å². The summed E-state index contributed by atoms with van der Waals surface area (Å²) < 4.78 is 0. The maximum absolute atomic E-state index is 9.00. The van der Waals surface area contributed by atoms with Crippen molar-refractivity contribution in [3.63, 3.8) is 0 Å². The van der Waals surface area contributed by atoms with Crippen LogP contribution in [0.2, 0.25) is 0 Å². The van der Waals surface area contributed by atoms with E-state index >= 15 is 0 Å². The fourth-order valence-electron chi connectivity index (χ4n) is 1.22. The molecule has 17 heavy (non-hydrogen) atoms. The minimum Gasteiger partial charge on any atom is -0.394 e. The first-order valence-corrected chi connectivity index (χ1v) is 6.61. The Hall–Kier alpha value is -1.05. The van der Waals surface area contributed by atoms with E-state index in [9.17, 15) is 0 Å². The third-order valence-electron chi connectivity index (χ3n) is 2.04. The van der Waals surface area contributed by atoms with Crippen molar-refractivity contribution >= 4 is 23.4 Å². The highest BCUT2D eigenvalue weighted by Gasteiger charge is 2.09. The standard InChI is InChI=1S/C10H18N4O2S/c1-3-11-8-4-9(12-7(5-15)6-16)14-10(13-8)17-2/h4,7,15-16H,3,5-6H2,1-2H3,(H2,11,12,13,14). The molecule has 1 heterocycles. The van der Waals surface area contributed by atoms with Crippen LogP contribution in [0.4, 0.5) is 11.6 Å². The Balaban J connectivity index is 2.85. The molecule has 0 atom stereocenters. The van der Waals surface area contributed by atoms with Gasteiger partial charge in [-0.2, -0.15) is 0 Å². The van der Waals surface area contributed by atoms with Gasteiger partial charge in [0.2, 0.25) is 0 Å². The van der Waals surface area contributed by atoms with Crippen LogP contribution >= 0.6 is 11.8 Å². The maximum Gasteiger partial charge on any atom is 0.191 e. The fourth-order valence-corrected chi connectivity index (χ4v) is 1.60. The number of anilines is 2. The first kappa shape index (κ1) is 14.0. The van der Waals surface area contributed by atoms with Gasteiger partial charge in [0.15, 0.2) is 5.16 Å². The topological polar surface area (TPSA) is 90.3 Å². The van der Waals surface area contributed by atoms with E-state index < -0.39 is 6.04 Å². The Morgan fingerprint density at radius 2 is 1.94 bits per heavy atom.